The fraction of sp³-hybridized carbons (Fsp3) is 0.273. The van der Waals surface area contributed by atoms with E-state index in [0.717, 1.165) is 59.4 Å². The number of hydrogen-bond donors (Lipinski definition) is 1. The molecule has 154 valence electrons. The van der Waals surface area contributed by atoms with Crippen LogP contribution in [-0.2, 0) is 4.79 Å². The van der Waals surface area contributed by atoms with Gasteiger partial charge in [-0.25, -0.2) is 4.98 Å². The van der Waals surface area contributed by atoms with Crippen LogP contribution in [0.1, 0.15) is 6.92 Å². The van der Waals surface area contributed by atoms with Gasteiger partial charge in [0.05, 0.1) is 23.8 Å². The van der Waals surface area contributed by atoms with E-state index in [0.29, 0.717) is 12.1 Å². The van der Waals surface area contributed by atoms with Crippen LogP contribution in [0, 0.1) is 0 Å². The largest absolute Gasteiger partial charge is 0.424 e. The number of hydrogen-bond acceptors (Lipinski definition) is 8. The minimum absolute atomic E-state index is 0.161. The zero-order valence-electron chi connectivity index (χ0n) is 17.1. The molecule has 0 amide bonds. The standard InChI is InChI=1S/C22H24N6O2/c1-3-28(10-11-29)9-8-27(2)21-14-24-17-6-4-15(12-18(17)25-21)16-5-7-20-19(13-16)26-22(23)30-20/h4-7,11-14H,3,8-10H2,1-2H3,(H2,23,26). The number of anilines is 2. The Morgan fingerprint density at radius 1 is 1.03 bits per heavy atom. The first kappa shape index (κ1) is 19.8. The molecule has 0 aliphatic carbocycles. The van der Waals surface area contributed by atoms with E-state index < -0.39 is 0 Å². The molecule has 0 aliphatic heterocycles. The van der Waals surface area contributed by atoms with Gasteiger partial charge < -0.3 is 19.8 Å². The van der Waals surface area contributed by atoms with Gasteiger partial charge in [-0.1, -0.05) is 19.1 Å². The Balaban J connectivity index is 1.59. The van der Waals surface area contributed by atoms with E-state index in [2.05, 4.69) is 19.8 Å². The second-order valence-corrected chi connectivity index (χ2v) is 7.15. The highest BCUT2D eigenvalue weighted by Gasteiger charge is 2.10. The van der Waals surface area contributed by atoms with Crippen molar-refractivity contribution in [1.82, 2.24) is 19.9 Å². The van der Waals surface area contributed by atoms with Crippen molar-refractivity contribution in [1.29, 1.82) is 0 Å². The molecule has 0 radical (unpaired) electrons. The lowest BCUT2D eigenvalue weighted by Crippen LogP contribution is -2.34. The molecule has 4 aromatic rings. The minimum atomic E-state index is 0.161. The van der Waals surface area contributed by atoms with Crippen LogP contribution in [0.2, 0.25) is 0 Å². The molecule has 0 bridgehead atoms. The number of carbonyl (C=O) groups is 1. The van der Waals surface area contributed by atoms with Crippen molar-refractivity contribution in [2.45, 2.75) is 6.92 Å². The molecule has 0 spiro atoms. The van der Waals surface area contributed by atoms with Crippen molar-refractivity contribution < 1.29 is 9.21 Å². The van der Waals surface area contributed by atoms with E-state index in [9.17, 15) is 4.79 Å². The monoisotopic (exact) mass is 404 g/mol. The Hall–Kier alpha value is -3.52. The number of nitrogen functional groups attached to an aromatic ring is 1. The Morgan fingerprint density at radius 2 is 1.80 bits per heavy atom. The Bertz CT molecular complexity index is 1190. The van der Waals surface area contributed by atoms with Crippen LogP contribution in [0.3, 0.4) is 0 Å². The molecule has 30 heavy (non-hydrogen) atoms. The summed E-state index contributed by atoms with van der Waals surface area (Å²) in [4.78, 5) is 28.5. The number of rotatable bonds is 8. The van der Waals surface area contributed by atoms with Crippen LogP contribution in [0.5, 0.6) is 0 Å². The summed E-state index contributed by atoms with van der Waals surface area (Å²) >= 11 is 0. The number of carbonyl (C=O) groups excluding carboxylic acids is 1. The normalized spacial score (nSPS) is 11.4. The van der Waals surface area contributed by atoms with Crippen LogP contribution < -0.4 is 10.6 Å². The van der Waals surface area contributed by atoms with Crippen LogP contribution in [0.15, 0.2) is 47.0 Å². The average Bonchev–Trinajstić information content (AvgIpc) is 3.14. The molecule has 2 N–H and O–H groups in total. The van der Waals surface area contributed by atoms with Crippen LogP contribution in [0.25, 0.3) is 33.3 Å². The second-order valence-electron chi connectivity index (χ2n) is 7.15. The van der Waals surface area contributed by atoms with Gasteiger partial charge in [0, 0.05) is 20.1 Å². The number of nitrogens with two attached hydrogens (primary N) is 1. The predicted molar refractivity (Wildman–Crippen MR) is 118 cm³/mol. The number of aromatic nitrogens is 3. The van der Waals surface area contributed by atoms with Gasteiger partial charge in [0.1, 0.15) is 17.6 Å². The maximum absolute atomic E-state index is 10.8. The third kappa shape index (κ3) is 4.08. The number of fused-ring (bicyclic) bond motifs is 2. The van der Waals surface area contributed by atoms with E-state index in [4.69, 9.17) is 15.1 Å². The Kier molecular flexibility index (Phi) is 5.58. The van der Waals surface area contributed by atoms with E-state index >= 15 is 0 Å². The maximum Gasteiger partial charge on any atom is 0.292 e. The SMILES string of the molecule is CCN(CC=O)CCN(C)c1cnc2ccc(-c3ccc4oc(N)nc4c3)cc2n1. The Labute approximate surface area is 174 Å². The highest BCUT2D eigenvalue weighted by atomic mass is 16.4. The van der Waals surface area contributed by atoms with Gasteiger partial charge in [-0.05, 0) is 41.9 Å². The summed E-state index contributed by atoms with van der Waals surface area (Å²) in [6.45, 7) is 4.86. The predicted octanol–water partition coefficient (Wildman–Crippen LogP) is 2.98. The van der Waals surface area contributed by atoms with Gasteiger partial charge >= 0.3 is 0 Å². The lowest BCUT2D eigenvalue weighted by Gasteiger charge is -2.23. The first-order valence-corrected chi connectivity index (χ1v) is 9.87. The van der Waals surface area contributed by atoms with Gasteiger partial charge in [0.15, 0.2) is 5.58 Å². The first-order valence-electron chi connectivity index (χ1n) is 9.87. The van der Waals surface area contributed by atoms with Crippen LogP contribution in [-0.4, -0.2) is 59.4 Å². The third-order valence-electron chi connectivity index (χ3n) is 5.19. The highest BCUT2D eigenvalue weighted by Crippen LogP contribution is 2.27. The molecular weight excluding hydrogens is 380 g/mol. The smallest absolute Gasteiger partial charge is 0.292 e. The molecule has 8 nitrogen and oxygen atoms in total. The number of benzene rings is 2. The molecule has 0 aliphatic rings. The summed E-state index contributed by atoms with van der Waals surface area (Å²) in [6, 6.07) is 12.0. The summed E-state index contributed by atoms with van der Waals surface area (Å²) in [5.74, 6) is 0.793. The zero-order valence-corrected chi connectivity index (χ0v) is 17.1. The molecule has 4 rings (SSSR count). The third-order valence-corrected chi connectivity index (χ3v) is 5.19. The van der Waals surface area contributed by atoms with E-state index in [1.165, 1.54) is 0 Å². The van der Waals surface area contributed by atoms with Gasteiger partial charge in [-0.2, -0.15) is 4.98 Å². The molecule has 0 fully saturated rings. The lowest BCUT2D eigenvalue weighted by atomic mass is 10.0. The molecular formula is C22H24N6O2. The summed E-state index contributed by atoms with van der Waals surface area (Å²) in [6.07, 6.45) is 2.72. The van der Waals surface area contributed by atoms with Gasteiger partial charge in [-0.3, -0.25) is 9.88 Å². The lowest BCUT2D eigenvalue weighted by molar-refractivity contribution is -0.108. The van der Waals surface area contributed by atoms with Crippen molar-refractivity contribution in [3.63, 3.8) is 0 Å². The topological polar surface area (TPSA) is 101 Å². The zero-order chi connectivity index (χ0) is 21.1. The molecule has 8 heteroatoms. The van der Waals surface area contributed by atoms with E-state index in [1.807, 2.05) is 50.4 Å². The van der Waals surface area contributed by atoms with Crippen LogP contribution >= 0.6 is 0 Å². The Morgan fingerprint density at radius 3 is 2.57 bits per heavy atom. The average molecular weight is 404 g/mol. The number of likely N-dealkylation sites (N-methyl/N-ethyl adjacent to an activating group) is 2. The summed E-state index contributed by atoms with van der Waals surface area (Å²) in [7, 11) is 1.98. The van der Waals surface area contributed by atoms with Crippen molar-refractivity contribution in [2.75, 3.05) is 43.9 Å². The van der Waals surface area contributed by atoms with Crippen molar-refractivity contribution in [3.8, 4) is 11.1 Å². The molecule has 2 aromatic carbocycles. The molecule has 0 atom stereocenters. The molecule has 2 aromatic heterocycles. The van der Waals surface area contributed by atoms with Crippen molar-refractivity contribution >= 4 is 40.3 Å². The van der Waals surface area contributed by atoms with Crippen LogP contribution in [0.4, 0.5) is 11.8 Å². The quantitative estimate of drug-likeness (QED) is 0.447. The molecule has 2 heterocycles. The maximum atomic E-state index is 10.8. The fourth-order valence-corrected chi connectivity index (χ4v) is 3.38. The molecule has 0 saturated heterocycles. The highest BCUT2D eigenvalue weighted by molar-refractivity contribution is 5.86. The first-order chi connectivity index (χ1) is 14.6. The summed E-state index contributed by atoms with van der Waals surface area (Å²) in [5.41, 5.74) is 10.7. The van der Waals surface area contributed by atoms with Gasteiger partial charge in [0.25, 0.3) is 6.01 Å². The number of nitrogens with zero attached hydrogens (tertiary/aromatic N) is 5. The van der Waals surface area contributed by atoms with E-state index in [1.54, 1.807) is 6.20 Å². The summed E-state index contributed by atoms with van der Waals surface area (Å²) < 4.78 is 5.35. The fourth-order valence-electron chi connectivity index (χ4n) is 3.38. The van der Waals surface area contributed by atoms with E-state index in [-0.39, 0.29) is 6.01 Å². The van der Waals surface area contributed by atoms with Crippen molar-refractivity contribution in [2.24, 2.45) is 0 Å². The van der Waals surface area contributed by atoms with Crippen molar-refractivity contribution in [3.05, 3.63) is 42.6 Å². The molecule has 0 saturated carbocycles. The van der Waals surface area contributed by atoms with Gasteiger partial charge in [0.2, 0.25) is 0 Å². The second kappa shape index (κ2) is 8.46. The molecule has 0 unspecified atom stereocenters. The number of oxazole rings is 1. The van der Waals surface area contributed by atoms with Gasteiger partial charge in [-0.15, -0.1) is 0 Å². The minimum Gasteiger partial charge on any atom is -0.424 e. The summed E-state index contributed by atoms with van der Waals surface area (Å²) in [5, 5.41) is 0. The number of aldehydes is 1.